The Kier molecular flexibility index (Phi) is 3.78. The number of rotatable bonds is 4. The molecule has 0 aliphatic heterocycles. The molecule has 4 nitrogen and oxygen atoms in total. The standard InChI is InChI=1S/C18H14N2O2S2/c1-11-14(10-16(21)22)20-9-5-4-7-13(20)17(11)24-18-19-12-6-2-3-8-15(12)23-18/h2-9H,10H2,1H3,(H,21,22). The number of para-hydroxylation sites is 1. The second kappa shape index (κ2) is 5.96. The summed E-state index contributed by atoms with van der Waals surface area (Å²) in [5.74, 6) is -0.821. The highest BCUT2D eigenvalue weighted by Gasteiger charge is 2.18. The van der Waals surface area contributed by atoms with Gasteiger partial charge in [-0.1, -0.05) is 30.0 Å². The van der Waals surface area contributed by atoms with Gasteiger partial charge >= 0.3 is 5.97 Å². The van der Waals surface area contributed by atoms with E-state index in [1.54, 1.807) is 23.1 Å². The maximum Gasteiger partial charge on any atom is 0.309 e. The number of pyridine rings is 1. The monoisotopic (exact) mass is 354 g/mol. The van der Waals surface area contributed by atoms with Crippen molar-refractivity contribution < 1.29 is 9.90 Å². The number of carboxylic acids is 1. The van der Waals surface area contributed by atoms with E-state index in [4.69, 9.17) is 0 Å². The largest absolute Gasteiger partial charge is 0.481 e. The highest BCUT2D eigenvalue weighted by atomic mass is 32.2. The third kappa shape index (κ3) is 2.57. The highest BCUT2D eigenvalue weighted by molar-refractivity contribution is 8.01. The lowest BCUT2D eigenvalue weighted by Gasteiger charge is -2.00. The summed E-state index contributed by atoms with van der Waals surface area (Å²) < 4.78 is 4.10. The van der Waals surface area contributed by atoms with Crippen LogP contribution in [0.25, 0.3) is 15.7 Å². The van der Waals surface area contributed by atoms with Crippen molar-refractivity contribution in [2.45, 2.75) is 22.6 Å². The zero-order valence-corrected chi connectivity index (χ0v) is 14.5. The minimum absolute atomic E-state index is 0.0113. The van der Waals surface area contributed by atoms with Gasteiger partial charge in [0.2, 0.25) is 0 Å². The van der Waals surface area contributed by atoms with E-state index in [1.807, 2.05) is 53.9 Å². The Hall–Kier alpha value is -2.31. The third-order valence-corrected chi connectivity index (χ3v) is 6.26. The molecule has 4 rings (SSSR count). The van der Waals surface area contributed by atoms with Crippen LogP contribution in [0, 0.1) is 6.92 Å². The van der Waals surface area contributed by atoms with E-state index in [0.717, 1.165) is 36.2 Å². The number of aliphatic carboxylic acids is 1. The van der Waals surface area contributed by atoms with Crippen molar-refractivity contribution in [3.8, 4) is 0 Å². The summed E-state index contributed by atoms with van der Waals surface area (Å²) in [5, 5.41) is 9.21. The van der Waals surface area contributed by atoms with Crippen molar-refractivity contribution in [3.05, 3.63) is 59.9 Å². The molecule has 120 valence electrons. The highest BCUT2D eigenvalue weighted by Crippen LogP contribution is 2.40. The zero-order valence-electron chi connectivity index (χ0n) is 12.9. The van der Waals surface area contributed by atoms with Crippen molar-refractivity contribution in [1.82, 2.24) is 9.38 Å². The molecule has 0 unspecified atom stereocenters. The van der Waals surface area contributed by atoms with Crippen molar-refractivity contribution in [3.63, 3.8) is 0 Å². The molecule has 6 heteroatoms. The summed E-state index contributed by atoms with van der Waals surface area (Å²) >= 11 is 3.27. The number of hydrogen-bond donors (Lipinski definition) is 1. The molecule has 0 fully saturated rings. The Morgan fingerprint density at radius 3 is 2.83 bits per heavy atom. The molecule has 0 spiro atoms. The fraction of sp³-hybridized carbons (Fsp3) is 0.111. The quantitative estimate of drug-likeness (QED) is 0.580. The summed E-state index contributed by atoms with van der Waals surface area (Å²) in [6, 6.07) is 14.0. The molecular weight excluding hydrogens is 340 g/mol. The van der Waals surface area contributed by atoms with Crippen LogP contribution in [-0.2, 0) is 11.2 Å². The van der Waals surface area contributed by atoms with Crippen LogP contribution in [0.3, 0.4) is 0 Å². The van der Waals surface area contributed by atoms with Gasteiger partial charge in [-0.05, 0) is 36.8 Å². The van der Waals surface area contributed by atoms with Crippen molar-refractivity contribution in [1.29, 1.82) is 0 Å². The van der Waals surface area contributed by atoms with Gasteiger partial charge in [0.05, 0.1) is 22.2 Å². The van der Waals surface area contributed by atoms with Crippen LogP contribution < -0.4 is 0 Å². The first-order valence-electron chi connectivity index (χ1n) is 7.47. The lowest BCUT2D eigenvalue weighted by Crippen LogP contribution is -2.04. The van der Waals surface area contributed by atoms with Gasteiger partial charge in [-0.2, -0.15) is 0 Å². The average Bonchev–Trinajstić information content (AvgIpc) is 3.09. The maximum absolute atomic E-state index is 11.2. The molecule has 1 aromatic carbocycles. The van der Waals surface area contributed by atoms with Gasteiger partial charge in [0.25, 0.3) is 0 Å². The summed E-state index contributed by atoms with van der Waals surface area (Å²) in [7, 11) is 0. The predicted molar refractivity (Wildman–Crippen MR) is 97.2 cm³/mol. The Labute approximate surface area is 146 Å². The van der Waals surface area contributed by atoms with Crippen LogP contribution in [0.4, 0.5) is 0 Å². The molecule has 0 amide bonds. The van der Waals surface area contributed by atoms with Crippen LogP contribution in [0.1, 0.15) is 11.3 Å². The molecule has 4 aromatic rings. The Morgan fingerprint density at radius 2 is 2.04 bits per heavy atom. The topological polar surface area (TPSA) is 54.6 Å². The van der Waals surface area contributed by atoms with E-state index in [1.165, 1.54) is 0 Å². The van der Waals surface area contributed by atoms with Gasteiger partial charge in [0, 0.05) is 16.8 Å². The van der Waals surface area contributed by atoms with Gasteiger partial charge in [0.1, 0.15) is 0 Å². The lowest BCUT2D eigenvalue weighted by molar-refractivity contribution is -0.136. The Balaban J connectivity index is 1.83. The predicted octanol–water partition coefficient (Wildman–Crippen LogP) is 4.64. The number of carbonyl (C=O) groups is 1. The SMILES string of the molecule is Cc1c(Sc2nc3ccccc3s2)c2ccccn2c1CC(=O)O. The molecule has 24 heavy (non-hydrogen) atoms. The number of hydrogen-bond acceptors (Lipinski definition) is 4. The van der Waals surface area contributed by atoms with Crippen LogP contribution in [0.15, 0.2) is 57.9 Å². The summed E-state index contributed by atoms with van der Waals surface area (Å²) in [6.45, 7) is 1.99. The molecule has 0 saturated heterocycles. The third-order valence-electron chi connectivity index (χ3n) is 3.94. The van der Waals surface area contributed by atoms with Gasteiger partial charge in [-0.3, -0.25) is 4.79 Å². The number of aromatic nitrogens is 2. The summed E-state index contributed by atoms with van der Waals surface area (Å²) in [5.41, 5.74) is 3.85. The molecule has 1 N–H and O–H groups in total. The Morgan fingerprint density at radius 1 is 1.25 bits per heavy atom. The van der Waals surface area contributed by atoms with Crippen LogP contribution in [0.2, 0.25) is 0 Å². The average molecular weight is 354 g/mol. The van der Waals surface area contributed by atoms with E-state index >= 15 is 0 Å². The van der Waals surface area contributed by atoms with Crippen LogP contribution in [-0.4, -0.2) is 20.5 Å². The fourth-order valence-electron chi connectivity index (χ4n) is 2.84. The smallest absolute Gasteiger partial charge is 0.309 e. The maximum atomic E-state index is 11.2. The normalized spacial score (nSPS) is 11.4. The lowest BCUT2D eigenvalue weighted by atomic mass is 10.2. The molecule has 0 bridgehead atoms. The van der Waals surface area contributed by atoms with Crippen LogP contribution >= 0.6 is 23.1 Å². The molecule has 3 heterocycles. The van der Waals surface area contributed by atoms with Crippen molar-refractivity contribution in [2.24, 2.45) is 0 Å². The van der Waals surface area contributed by atoms with Gasteiger partial charge in [-0.25, -0.2) is 4.98 Å². The fourth-order valence-corrected chi connectivity index (χ4v) is 5.08. The van der Waals surface area contributed by atoms with Crippen molar-refractivity contribution in [2.75, 3.05) is 0 Å². The molecule has 0 atom stereocenters. The van der Waals surface area contributed by atoms with Gasteiger partial charge < -0.3 is 9.51 Å². The van der Waals surface area contributed by atoms with Gasteiger partial charge in [0.15, 0.2) is 4.34 Å². The molecule has 0 aliphatic carbocycles. The van der Waals surface area contributed by atoms with E-state index in [9.17, 15) is 9.90 Å². The first kappa shape index (κ1) is 15.2. The second-order valence-electron chi connectivity index (χ2n) is 5.48. The van der Waals surface area contributed by atoms with Crippen molar-refractivity contribution >= 4 is 44.8 Å². The molecule has 0 aliphatic rings. The van der Waals surface area contributed by atoms with E-state index in [0.29, 0.717) is 0 Å². The number of benzene rings is 1. The minimum atomic E-state index is -0.821. The zero-order chi connectivity index (χ0) is 16.7. The first-order valence-corrected chi connectivity index (χ1v) is 9.10. The number of thiazole rings is 1. The van der Waals surface area contributed by atoms with E-state index < -0.39 is 5.97 Å². The first-order chi connectivity index (χ1) is 11.6. The minimum Gasteiger partial charge on any atom is -0.481 e. The van der Waals surface area contributed by atoms with Gasteiger partial charge in [-0.15, -0.1) is 11.3 Å². The van der Waals surface area contributed by atoms with E-state index in [-0.39, 0.29) is 6.42 Å². The number of nitrogens with zero attached hydrogens (tertiary/aromatic N) is 2. The molecule has 3 aromatic heterocycles. The second-order valence-corrected chi connectivity index (χ2v) is 7.76. The molecule has 0 radical (unpaired) electrons. The Bertz CT molecular complexity index is 1030. The van der Waals surface area contributed by atoms with E-state index in [2.05, 4.69) is 11.1 Å². The molecule has 0 saturated carbocycles. The summed E-state index contributed by atoms with van der Waals surface area (Å²) in [6.07, 6.45) is 1.93. The number of carboxylic acid groups (broad SMARTS) is 1. The molecular formula is C18H14N2O2S2. The summed E-state index contributed by atoms with van der Waals surface area (Å²) in [4.78, 5) is 17.0. The number of fused-ring (bicyclic) bond motifs is 2. The van der Waals surface area contributed by atoms with Crippen LogP contribution in [0.5, 0.6) is 0 Å².